The monoisotopic (exact) mass is 441 g/mol. The van der Waals surface area contributed by atoms with Gasteiger partial charge in [0.05, 0.1) is 11.3 Å². The maximum atomic E-state index is 13.2. The standard InChI is InChI=1S/C24H31N3O3S/c1-5-26(6-2)15-16-27(22(28)17-30-19-12-9-8-11-18(19)4)24-25-23-20(29-7-3)13-10-14-21(23)31-24/h8-14H,5-7,15-17H2,1-4H3. The van der Waals surface area contributed by atoms with E-state index in [0.717, 1.165) is 46.9 Å². The lowest BCUT2D eigenvalue weighted by Gasteiger charge is -2.24. The van der Waals surface area contributed by atoms with Crippen molar-refractivity contribution < 1.29 is 14.3 Å². The van der Waals surface area contributed by atoms with Gasteiger partial charge in [-0.1, -0.05) is 49.4 Å². The highest BCUT2D eigenvalue weighted by molar-refractivity contribution is 7.22. The van der Waals surface area contributed by atoms with E-state index in [1.54, 1.807) is 4.90 Å². The number of amides is 1. The zero-order valence-corrected chi connectivity index (χ0v) is 19.6. The molecule has 0 radical (unpaired) electrons. The first-order valence-corrected chi connectivity index (χ1v) is 11.6. The normalized spacial score (nSPS) is 11.1. The van der Waals surface area contributed by atoms with Gasteiger partial charge in [0, 0.05) is 13.1 Å². The Labute approximate surface area is 188 Å². The summed E-state index contributed by atoms with van der Waals surface area (Å²) in [4.78, 5) is 22.0. The van der Waals surface area contributed by atoms with E-state index in [1.807, 2.05) is 56.3 Å². The molecule has 7 heteroatoms. The summed E-state index contributed by atoms with van der Waals surface area (Å²) in [5, 5.41) is 0.674. The van der Waals surface area contributed by atoms with Gasteiger partial charge in [0.25, 0.3) is 5.91 Å². The molecule has 0 saturated heterocycles. The molecule has 0 N–H and O–H groups in total. The molecule has 0 aliphatic rings. The van der Waals surface area contributed by atoms with Crippen LogP contribution in [0.5, 0.6) is 11.5 Å². The van der Waals surface area contributed by atoms with Crippen LogP contribution in [0.1, 0.15) is 26.3 Å². The number of ether oxygens (including phenoxy) is 2. The fourth-order valence-electron chi connectivity index (χ4n) is 3.34. The van der Waals surface area contributed by atoms with E-state index in [9.17, 15) is 4.79 Å². The summed E-state index contributed by atoms with van der Waals surface area (Å²) < 4.78 is 12.6. The number of anilines is 1. The Morgan fingerprint density at radius 1 is 0.968 bits per heavy atom. The number of hydrogen-bond donors (Lipinski definition) is 0. The van der Waals surface area contributed by atoms with Gasteiger partial charge in [-0.05, 0) is 50.7 Å². The van der Waals surface area contributed by atoms with E-state index >= 15 is 0 Å². The summed E-state index contributed by atoms with van der Waals surface area (Å²) >= 11 is 1.51. The minimum atomic E-state index is -0.104. The lowest BCUT2D eigenvalue weighted by Crippen LogP contribution is -2.41. The number of thiazole rings is 1. The Bertz CT molecular complexity index is 1000. The second kappa shape index (κ2) is 11.1. The van der Waals surface area contributed by atoms with Crippen molar-refractivity contribution in [3.8, 4) is 11.5 Å². The van der Waals surface area contributed by atoms with Crippen LogP contribution in [0.3, 0.4) is 0 Å². The number of rotatable bonds is 11. The molecule has 0 spiro atoms. The fraction of sp³-hybridized carbons (Fsp3) is 0.417. The number of nitrogens with zero attached hydrogens (tertiary/aromatic N) is 3. The Kier molecular flexibility index (Phi) is 8.26. The third kappa shape index (κ3) is 5.74. The third-order valence-electron chi connectivity index (χ3n) is 5.18. The minimum Gasteiger partial charge on any atom is -0.492 e. The summed E-state index contributed by atoms with van der Waals surface area (Å²) in [7, 11) is 0. The predicted molar refractivity (Wildman–Crippen MR) is 128 cm³/mol. The molecule has 0 aliphatic carbocycles. The second-order valence-corrected chi connectivity index (χ2v) is 8.17. The quantitative estimate of drug-likeness (QED) is 0.430. The molecule has 31 heavy (non-hydrogen) atoms. The van der Waals surface area contributed by atoms with Crippen LogP contribution in [0.25, 0.3) is 10.2 Å². The second-order valence-electron chi connectivity index (χ2n) is 7.16. The predicted octanol–water partition coefficient (Wildman–Crippen LogP) is 4.76. The molecule has 166 valence electrons. The third-order valence-corrected chi connectivity index (χ3v) is 6.23. The molecular weight excluding hydrogens is 410 g/mol. The maximum absolute atomic E-state index is 13.2. The average molecular weight is 442 g/mol. The SMILES string of the molecule is CCOc1cccc2sc(N(CCN(CC)CC)C(=O)COc3ccccc3C)nc12. The molecule has 0 aliphatic heterocycles. The first-order chi connectivity index (χ1) is 15.1. The summed E-state index contributed by atoms with van der Waals surface area (Å²) in [5.74, 6) is 1.37. The maximum Gasteiger partial charge on any atom is 0.266 e. The van der Waals surface area contributed by atoms with Crippen LogP contribution in [0, 0.1) is 6.92 Å². The van der Waals surface area contributed by atoms with Crippen LogP contribution in [0.15, 0.2) is 42.5 Å². The lowest BCUT2D eigenvalue weighted by molar-refractivity contribution is -0.120. The van der Waals surface area contributed by atoms with E-state index < -0.39 is 0 Å². The molecule has 0 atom stereocenters. The highest BCUT2D eigenvalue weighted by Crippen LogP contribution is 2.34. The number of aryl methyl sites for hydroxylation is 1. The number of fused-ring (bicyclic) bond motifs is 1. The lowest BCUT2D eigenvalue weighted by atomic mass is 10.2. The number of likely N-dealkylation sites (N-methyl/N-ethyl adjacent to an activating group) is 1. The molecule has 1 aromatic heterocycles. The van der Waals surface area contributed by atoms with Gasteiger partial charge in [0.15, 0.2) is 11.7 Å². The first-order valence-electron chi connectivity index (χ1n) is 10.8. The van der Waals surface area contributed by atoms with Gasteiger partial charge in [0.1, 0.15) is 17.0 Å². The molecule has 0 unspecified atom stereocenters. The first kappa shape index (κ1) is 23.0. The van der Waals surface area contributed by atoms with Gasteiger partial charge in [-0.15, -0.1) is 0 Å². The van der Waals surface area contributed by atoms with E-state index in [4.69, 9.17) is 14.5 Å². The number of aromatic nitrogens is 1. The van der Waals surface area contributed by atoms with E-state index in [-0.39, 0.29) is 12.5 Å². The summed E-state index contributed by atoms with van der Waals surface area (Å²) in [6.07, 6.45) is 0. The largest absolute Gasteiger partial charge is 0.492 e. The summed E-state index contributed by atoms with van der Waals surface area (Å²) in [6.45, 7) is 11.9. The highest BCUT2D eigenvalue weighted by Gasteiger charge is 2.22. The summed E-state index contributed by atoms with van der Waals surface area (Å²) in [6, 6.07) is 13.6. The number of para-hydroxylation sites is 2. The van der Waals surface area contributed by atoms with Crippen molar-refractivity contribution in [2.75, 3.05) is 44.3 Å². The Hall–Kier alpha value is -2.64. The van der Waals surface area contributed by atoms with Gasteiger partial charge in [-0.3, -0.25) is 9.69 Å². The number of hydrogen-bond acceptors (Lipinski definition) is 6. The highest BCUT2D eigenvalue weighted by atomic mass is 32.1. The summed E-state index contributed by atoms with van der Waals surface area (Å²) in [5.41, 5.74) is 1.80. The Morgan fingerprint density at radius 2 is 1.71 bits per heavy atom. The van der Waals surface area contributed by atoms with E-state index in [2.05, 4.69) is 18.7 Å². The van der Waals surface area contributed by atoms with Crippen molar-refractivity contribution in [3.05, 3.63) is 48.0 Å². The number of benzene rings is 2. The van der Waals surface area contributed by atoms with Crippen molar-refractivity contribution in [2.24, 2.45) is 0 Å². The molecule has 0 fully saturated rings. The van der Waals surface area contributed by atoms with Crippen LogP contribution in [0.4, 0.5) is 5.13 Å². The van der Waals surface area contributed by atoms with Crippen LogP contribution in [0.2, 0.25) is 0 Å². The van der Waals surface area contributed by atoms with E-state index in [0.29, 0.717) is 18.3 Å². The molecular formula is C24H31N3O3S. The van der Waals surface area contributed by atoms with Crippen molar-refractivity contribution in [2.45, 2.75) is 27.7 Å². The molecule has 1 heterocycles. The van der Waals surface area contributed by atoms with Crippen LogP contribution >= 0.6 is 11.3 Å². The fourth-order valence-corrected chi connectivity index (χ4v) is 4.37. The van der Waals surface area contributed by atoms with Gasteiger partial charge >= 0.3 is 0 Å². The molecule has 2 aromatic carbocycles. The smallest absolute Gasteiger partial charge is 0.266 e. The minimum absolute atomic E-state index is 0.0304. The van der Waals surface area contributed by atoms with Crippen LogP contribution in [-0.2, 0) is 4.79 Å². The van der Waals surface area contributed by atoms with Gasteiger partial charge in [0.2, 0.25) is 0 Å². The van der Waals surface area contributed by atoms with Crippen molar-refractivity contribution in [1.82, 2.24) is 9.88 Å². The van der Waals surface area contributed by atoms with Crippen molar-refractivity contribution in [3.63, 3.8) is 0 Å². The zero-order valence-electron chi connectivity index (χ0n) is 18.8. The zero-order chi connectivity index (χ0) is 22.2. The van der Waals surface area contributed by atoms with Crippen LogP contribution in [-0.4, -0.2) is 55.2 Å². The molecule has 0 saturated carbocycles. The molecule has 3 aromatic rings. The average Bonchev–Trinajstić information content (AvgIpc) is 3.21. The van der Waals surface area contributed by atoms with E-state index in [1.165, 1.54) is 11.3 Å². The van der Waals surface area contributed by atoms with Crippen LogP contribution < -0.4 is 14.4 Å². The Morgan fingerprint density at radius 3 is 2.42 bits per heavy atom. The number of carbonyl (C=O) groups excluding carboxylic acids is 1. The Balaban J connectivity index is 1.85. The molecule has 0 bridgehead atoms. The van der Waals surface area contributed by atoms with Gasteiger partial charge in [-0.25, -0.2) is 4.98 Å². The molecule has 6 nitrogen and oxygen atoms in total. The van der Waals surface area contributed by atoms with Gasteiger partial charge in [-0.2, -0.15) is 0 Å². The topological polar surface area (TPSA) is 54.9 Å². The van der Waals surface area contributed by atoms with Gasteiger partial charge < -0.3 is 14.4 Å². The van der Waals surface area contributed by atoms with Crippen molar-refractivity contribution in [1.29, 1.82) is 0 Å². The molecule has 1 amide bonds. The van der Waals surface area contributed by atoms with Crippen molar-refractivity contribution >= 4 is 32.6 Å². The molecule has 3 rings (SSSR count). The number of carbonyl (C=O) groups is 1.